The number of benzene rings is 1. The largest absolute Gasteiger partial charge is 0.229 e. The van der Waals surface area contributed by atoms with Crippen LogP contribution in [0.2, 0.25) is 0 Å². The van der Waals surface area contributed by atoms with E-state index >= 15 is 0 Å². The van der Waals surface area contributed by atoms with Crippen LogP contribution in [0.4, 0.5) is 0 Å². The summed E-state index contributed by atoms with van der Waals surface area (Å²) in [5, 5.41) is 0. The molecule has 8 heteroatoms. The highest BCUT2D eigenvalue weighted by Gasteiger charge is 2.28. The van der Waals surface area contributed by atoms with E-state index in [0.717, 1.165) is 4.90 Å². The van der Waals surface area contributed by atoms with Crippen LogP contribution in [0.1, 0.15) is 12.8 Å². The highest BCUT2D eigenvalue weighted by molar-refractivity contribution is 7.99. The monoisotopic (exact) mass is 363 g/mol. The molecule has 1 unspecified atom stereocenters. The SMILES string of the molecule is O=S1(=O)CCCC(CS(=O)(=O)NCCSc2ccccc2)C1. The lowest BCUT2D eigenvalue weighted by Gasteiger charge is -2.21. The quantitative estimate of drug-likeness (QED) is 0.587. The summed E-state index contributed by atoms with van der Waals surface area (Å²) in [7, 11) is -6.48. The van der Waals surface area contributed by atoms with Gasteiger partial charge in [-0.3, -0.25) is 0 Å². The molecule has 1 saturated heterocycles. The van der Waals surface area contributed by atoms with Gasteiger partial charge < -0.3 is 0 Å². The highest BCUT2D eigenvalue weighted by atomic mass is 32.2. The smallest absolute Gasteiger partial charge is 0.211 e. The Hall–Kier alpha value is -0.570. The van der Waals surface area contributed by atoms with Crippen LogP contribution in [0.5, 0.6) is 0 Å². The van der Waals surface area contributed by atoms with Crippen LogP contribution >= 0.6 is 11.8 Å². The maximum absolute atomic E-state index is 12.0. The van der Waals surface area contributed by atoms with E-state index in [1.54, 1.807) is 11.8 Å². The second kappa shape index (κ2) is 7.81. The van der Waals surface area contributed by atoms with Crippen LogP contribution < -0.4 is 4.72 Å². The van der Waals surface area contributed by atoms with E-state index in [1.807, 2.05) is 30.3 Å². The second-order valence-electron chi connectivity index (χ2n) is 5.46. The third kappa shape index (κ3) is 6.28. The Morgan fingerprint density at radius 3 is 2.64 bits per heavy atom. The second-order valence-corrected chi connectivity index (χ2v) is 10.7. The Bertz CT molecular complexity index is 671. The third-order valence-electron chi connectivity index (χ3n) is 3.45. The Labute approximate surface area is 136 Å². The van der Waals surface area contributed by atoms with Crippen molar-refractivity contribution in [1.29, 1.82) is 0 Å². The minimum atomic E-state index is -3.41. The molecule has 5 nitrogen and oxygen atoms in total. The molecule has 1 heterocycles. The molecule has 1 aromatic carbocycles. The van der Waals surface area contributed by atoms with Crippen molar-refractivity contribution < 1.29 is 16.8 Å². The Morgan fingerprint density at radius 2 is 1.95 bits per heavy atom. The van der Waals surface area contributed by atoms with Crippen LogP contribution in [0, 0.1) is 5.92 Å². The summed E-state index contributed by atoms with van der Waals surface area (Å²) in [6.45, 7) is 0.349. The molecule has 1 N–H and O–H groups in total. The summed E-state index contributed by atoms with van der Waals surface area (Å²) >= 11 is 1.58. The summed E-state index contributed by atoms with van der Waals surface area (Å²) < 4.78 is 49.7. The number of hydrogen-bond acceptors (Lipinski definition) is 5. The maximum Gasteiger partial charge on any atom is 0.211 e. The predicted octanol–water partition coefficient (Wildman–Crippen LogP) is 1.52. The fourth-order valence-corrected chi connectivity index (χ4v) is 6.78. The molecule has 1 fully saturated rings. The lowest BCUT2D eigenvalue weighted by atomic mass is 10.1. The van der Waals surface area contributed by atoms with Crippen molar-refractivity contribution in [3.05, 3.63) is 30.3 Å². The van der Waals surface area contributed by atoms with Gasteiger partial charge in [-0.25, -0.2) is 21.6 Å². The summed E-state index contributed by atoms with van der Waals surface area (Å²) in [6.07, 6.45) is 1.23. The van der Waals surface area contributed by atoms with Crippen LogP contribution in [-0.4, -0.2) is 46.4 Å². The third-order valence-corrected chi connectivity index (χ3v) is 7.91. The first kappa shape index (κ1) is 17.8. The molecule has 1 aromatic rings. The maximum atomic E-state index is 12.0. The Balaban J connectivity index is 1.74. The molecular formula is C14H21NO4S3. The van der Waals surface area contributed by atoms with E-state index in [-0.39, 0.29) is 23.2 Å². The van der Waals surface area contributed by atoms with Crippen molar-refractivity contribution in [3.63, 3.8) is 0 Å². The first-order chi connectivity index (χ1) is 10.4. The van der Waals surface area contributed by atoms with E-state index in [1.165, 1.54) is 0 Å². The van der Waals surface area contributed by atoms with Crippen LogP contribution in [0.15, 0.2) is 35.2 Å². The van der Waals surface area contributed by atoms with Gasteiger partial charge in [-0.15, -0.1) is 11.8 Å². The number of nitrogens with one attached hydrogen (secondary N) is 1. The minimum Gasteiger partial charge on any atom is -0.229 e. The molecule has 1 atom stereocenters. The summed E-state index contributed by atoms with van der Waals surface area (Å²) in [4.78, 5) is 1.10. The topological polar surface area (TPSA) is 80.3 Å². The Kier molecular flexibility index (Phi) is 6.31. The first-order valence-corrected chi connectivity index (χ1v) is 11.7. The van der Waals surface area contributed by atoms with E-state index in [9.17, 15) is 16.8 Å². The van der Waals surface area contributed by atoms with E-state index < -0.39 is 19.9 Å². The lowest BCUT2D eigenvalue weighted by Crippen LogP contribution is -2.36. The molecule has 0 radical (unpaired) electrons. The van der Waals surface area contributed by atoms with Gasteiger partial charge in [-0.1, -0.05) is 18.2 Å². The van der Waals surface area contributed by atoms with Gasteiger partial charge in [-0.05, 0) is 30.9 Å². The lowest BCUT2D eigenvalue weighted by molar-refractivity contribution is 0.505. The zero-order valence-corrected chi connectivity index (χ0v) is 14.7. The molecule has 1 aliphatic rings. The zero-order chi connectivity index (χ0) is 16.1. The van der Waals surface area contributed by atoms with Crippen LogP contribution in [0.25, 0.3) is 0 Å². The molecule has 0 aliphatic carbocycles. The van der Waals surface area contributed by atoms with Gasteiger partial charge in [0.2, 0.25) is 10.0 Å². The normalized spacial score (nSPS) is 21.5. The molecule has 22 heavy (non-hydrogen) atoms. The van der Waals surface area contributed by atoms with Gasteiger partial charge in [-0.2, -0.15) is 0 Å². The fourth-order valence-electron chi connectivity index (χ4n) is 2.50. The van der Waals surface area contributed by atoms with Crippen molar-refractivity contribution in [2.75, 3.05) is 29.6 Å². The molecule has 0 bridgehead atoms. The fraction of sp³-hybridized carbons (Fsp3) is 0.571. The van der Waals surface area contributed by atoms with E-state index in [4.69, 9.17) is 0 Å². The highest BCUT2D eigenvalue weighted by Crippen LogP contribution is 2.20. The molecule has 0 aromatic heterocycles. The molecule has 1 aliphatic heterocycles. The van der Waals surface area contributed by atoms with Gasteiger partial charge in [0.1, 0.15) is 0 Å². The first-order valence-electron chi connectivity index (χ1n) is 7.22. The standard InChI is InChI=1S/C14H21NO4S3/c16-21(17)10-4-5-13(11-21)12-22(18,19)15-8-9-20-14-6-2-1-3-7-14/h1-3,6-7,13,15H,4-5,8-12H2. The number of rotatable bonds is 7. The van der Waals surface area contributed by atoms with Gasteiger partial charge in [0.15, 0.2) is 9.84 Å². The van der Waals surface area contributed by atoms with Gasteiger partial charge >= 0.3 is 0 Å². The average molecular weight is 364 g/mol. The zero-order valence-electron chi connectivity index (χ0n) is 12.3. The van der Waals surface area contributed by atoms with Crippen molar-refractivity contribution in [2.24, 2.45) is 5.92 Å². The van der Waals surface area contributed by atoms with Crippen molar-refractivity contribution in [3.8, 4) is 0 Å². The molecule has 124 valence electrons. The molecular weight excluding hydrogens is 342 g/mol. The van der Waals surface area contributed by atoms with Crippen LogP contribution in [-0.2, 0) is 19.9 Å². The summed E-state index contributed by atoms with van der Waals surface area (Å²) in [6, 6.07) is 9.77. The van der Waals surface area contributed by atoms with Crippen LogP contribution in [0.3, 0.4) is 0 Å². The van der Waals surface area contributed by atoms with E-state index in [0.29, 0.717) is 25.1 Å². The number of thioether (sulfide) groups is 1. The number of sulfone groups is 1. The van der Waals surface area contributed by atoms with Crippen molar-refractivity contribution >= 4 is 31.6 Å². The van der Waals surface area contributed by atoms with Crippen molar-refractivity contribution in [2.45, 2.75) is 17.7 Å². The predicted molar refractivity (Wildman–Crippen MR) is 90.3 cm³/mol. The van der Waals surface area contributed by atoms with Gasteiger partial charge in [0.05, 0.1) is 17.3 Å². The van der Waals surface area contributed by atoms with Gasteiger partial charge in [0.25, 0.3) is 0 Å². The number of hydrogen-bond donors (Lipinski definition) is 1. The van der Waals surface area contributed by atoms with E-state index in [2.05, 4.69) is 4.72 Å². The van der Waals surface area contributed by atoms with Crippen molar-refractivity contribution in [1.82, 2.24) is 4.72 Å². The summed E-state index contributed by atoms with van der Waals surface area (Å²) in [5.41, 5.74) is 0. The molecule has 2 rings (SSSR count). The van der Waals surface area contributed by atoms with Gasteiger partial charge in [0, 0.05) is 17.2 Å². The molecule has 0 spiro atoms. The molecule has 0 saturated carbocycles. The minimum absolute atomic E-state index is 0.00727. The molecule has 0 amide bonds. The summed E-state index contributed by atoms with van der Waals surface area (Å²) in [5.74, 6) is 0.448. The Morgan fingerprint density at radius 1 is 1.23 bits per heavy atom. The average Bonchev–Trinajstić information content (AvgIpc) is 2.43. The number of sulfonamides is 1.